The molecule has 2 N–H and O–H groups in total. The van der Waals surface area contributed by atoms with Gasteiger partial charge in [-0.05, 0) is 12.1 Å². The van der Waals surface area contributed by atoms with Gasteiger partial charge in [0.25, 0.3) is 0 Å². The Hall–Kier alpha value is -1.14. The van der Waals surface area contributed by atoms with Crippen LogP contribution in [0.5, 0.6) is 0 Å². The molecule has 0 aliphatic carbocycles. The van der Waals surface area contributed by atoms with Crippen LogP contribution in [0.15, 0.2) is 18.2 Å². The molecular weight excluding hydrogens is 192 g/mol. The van der Waals surface area contributed by atoms with E-state index in [1.807, 2.05) is 0 Å². The first kappa shape index (κ1) is 9.94. The van der Waals surface area contributed by atoms with Crippen molar-refractivity contribution in [3.05, 3.63) is 23.9 Å². The number of rotatable bonds is 3. The average Bonchev–Trinajstić information content (AvgIpc) is 2.01. The molecule has 0 spiro atoms. The minimum absolute atomic E-state index is 0.209. The van der Waals surface area contributed by atoms with E-state index >= 15 is 0 Å². The standard InChI is InChI=1S/C7H10N2O3S/c1-13(11,12)9-7-4-2-3-6(5-10)8-7/h2-4,10H,5H2,1H3,(H,8,9). The van der Waals surface area contributed by atoms with Gasteiger partial charge in [-0.1, -0.05) is 6.07 Å². The second kappa shape index (κ2) is 3.71. The highest BCUT2D eigenvalue weighted by Crippen LogP contribution is 2.05. The van der Waals surface area contributed by atoms with Crippen LogP contribution in [0.3, 0.4) is 0 Å². The molecule has 0 saturated heterocycles. The van der Waals surface area contributed by atoms with Crippen molar-refractivity contribution in [1.29, 1.82) is 0 Å². The Morgan fingerprint density at radius 1 is 1.54 bits per heavy atom. The SMILES string of the molecule is CS(=O)(=O)Nc1cccc(CO)n1. The summed E-state index contributed by atoms with van der Waals surface area (Å²) >= 11 is 0. The van der Waals surface area contributed by atoms with Crippen molar-refractivity contribution in [2.24, 2.45) is 0 Å². The Labute approximate surface area is 76.5 Å². The average molecular weight is 202 g/mol. The highest BCUT2D eigenvalue weighted by atomic mass is 32.2. The lowest BCUT2D eigenvalue weighted by molar-refractivity contribution is 0.277. The summed E-state index contributed by atoms with van der Waals surface area (Å²) in [5.74, 6) is 0.217. The predicted octanol–water partition coefficient (Wildman–Crippen LogP) is -0.0546. The number of anilines is 1. The molecule has 1 heterocycles. The quantitative estimate of drug-likeness (QED) is 0.720. The zero-order valence-corrected chi connectivity index (χ0v) is 7.87. The number of sulfonamides is 1. The van der Waals surface area contributed by atoms with Crippen LogP contribution in [0, 0.1) is 0 Å². The van der Waals surface area contributed by atoms with E-state index in [0.717, 1.165) is 6.26 Å². The van der Waals surface area contributed by atoms with Crippen molar-refractivity contribution in [2.75, 3.05) is 11.0 Å². The van der Waals surface area contributed by atoms with Crippen LogP contribution < -0.4 is 4.72 Å². The fraction of sp³-hybridized carbons (Fsp3) is 0.286. The van der Waals surface area contributed by atoms with Crippen LogP contribution in [0.2, 0.25) is 0 Å². The monoisotopic (exact) mass is 202 g/mol. The van der Waals surface area contributed by atoms with E-state index in [9.17, 15) is 8.42 Å². The van der Waals surface area contributed by atoms with Gasteiger partial charge in [0.05, 0.1) is 18.6 Å². The van der Waals surface area contributed by atoms with Gasteiger partial charge >= 0.3 is 0 Å². The molecule has 0 amide bonds. The van der Waals surface area contributed by atoms with Crippen LogP contribution in [-0.4, -0.2) is 24.8 Å². The minimum atomic E-state index is -3.30. The molecule has 72 valence electrons. The van der Waals surface area contributed by atoms with E-state index in [1.165, 1.54) is 6.07 Å². The largest absolute Gasteiger partial charge is 0.390 e. The fourth-order valence-corrected chi connectivity index (χ4v) is 1.31. The zero-order valence-electron chi connectivity index (χ0n) is 7.06. The minimum Gasteiger partial charge on any atom is -0.390 e. The number of hydrogen-bond acceptors (Lipinski definition) is 4. The van der Waals surface area contributed by atoms with Gasteiger partial charge in [0.1, 0.15) is 5.82 Å². The molecule has 0 aliphatic rings. The number of nitrogens with zero attached hydrogens (tertiary/aromatic N) is 1. The molecule has 0 fully saturated rings. The Morgan fingerprint density at radius 2 is 2.23 bits per heavy atom. The number of nitrogens with one attached hydrogen (secondary N) is 1. The molecule has 0 atom stereocenters. The molecule has 13 heavy (non-hydrogen) atoms. The summed E-state index contributed by atoms with van der Waals surface area (Å²) in [7, 11) is -3.30. The Bertz CT molecular complexity index is 388. The fourth-order valence-electron chi connectivity index (χ4n) is 0.814. The van der Waals surface area contributed by atoms with E-state index in [-0.39, 0.29) is 12.4 Å². The maximum atomic E-state index is 10.8. The van der Waals surface area contributed by atoms with E-state index in [1.54, 1.807) is 12.1 Å². The zero-order chi connectivity index (χ0) is 9.90. The number of pyridine rings is 1. The van der Waals surface area contributed by atoms with Gasteiger partial charge in [-0.2, -0.15) is 0 Å². The van der Waals surface area contributed by atoms with Gasteiger partial charge in [0.15, 0.2) is 0 Å². The molecule has 0 saturated carbocycles. The summed E-state index contributed by atoms with van der Waals surface area (Å²) in [5.41, 5.74) is 0.425. The predicted molar refractivity (Wildman–Crippen MR) is 48.6 cm³/mol. The van der Waals surface area contributed by atoms with Gasteiger partial charge in [0, 0.05) is 0 Å². The van der Waals surface area contributed by atoms with Crippen LogP contribution in [-0.2, 0) is 16.6 Å². The lowest BCUT2D eigenvalue weighted by Crippen LogP contribution is -2.11. The van der Waals surface area contributed by atoms with E-state index in [4.69, 9.17) is 5.11 Å². The lowest BCUT2D eigenvalue weighted by atomic mass is 10.3. The number of hydrogen-bond donors (Lipinski definition) is 2. The number of aromatic nitrogens is 1. The van der Waals surface area contributed by atoms with Crippen molar-refractivity contribution in [1.82, 2.24) is 4.98 Å². The molecule has 5 nitrogen and oxygen atoms in total. The molecule has 0 unspecified atom stereocenters. The number of aliphatic hydroxyl groups is 1. The Morgan fingerprint density at radius 3 is 2.77 bits per heavy atom. The molecule has 1 rings (SSSR count). The second-order valence-electron chi connectivity index (χ2n) is 2.55. The third-order valence-corrected chi connectivity index (χ3v) is 1.84. The highest BCUT2D eigenvalue weighted by Gasteiger charge is 2.02. The third kappa shape index (κ3) is 3.39. The summed E-state index contributed by atoms with van der Waals surface area (Å²) in [4.78, 5) is 3.84. The summed E-state index contributed by atoms with van der Waals surface area (Å²) in [6, 6.07) is 4.74. The third-order valence-electron chi connectivity index (χ3n) is 1.26. The molecular formula is C7H10N2O3S. The Kier molecular flexibility index (Phi) is 2.84. The first-order valence-electron chi connectivity index (χ1n) is 3.56. The summed E-state index contributed by atoms with van der Waals surface area (Å²) < 4.78 is 23.8. The summed E-state index contributed by atoms with van der Waals surface area (Å²) in [5, 5.41) is 8.72. The van der Waals surface area contributed by atoms with Gasteiger partial charge in [-0.3, -0.25) is 4.72 Å². The molecule has 0 radical (unpaired) electrons. The van der Waals surface area contributed by atoms with Crippen molar-refractivity contribution in [3.63, 3.8) is 0 Å². The number of aliphatic hydroxyl groups excluding tert-OH is 1. The maximum absolute atomic E-state index is 10.8. The van der Waals surface area contributed by atoms with Crippen molar-refractivity contribution >= 4 is 15.8 Å². The van der Waals surface area contributed by atoms with Gasteiger partial charge in [-0.25, -0.2) is 13.4 Å². The highest BCUT2D eigenvalue weighted by molar-refractivity contribution is 7.92. The van der Waals surface area contributed by atoms with Crippen molar-refractivity contribution in [2.45, 2.75) is 6.61 Å². The molecule has 6 heteroatoms. The molecule has 1 aromatic heterocycles. The van der Waals surface area contributed by atoms with Crippen molar-refractivity contribution < 1.29 is 13.5 Å². The first-order valence-corrected chi connectivity index (χ1v) is 5.45. The normalized spacial score (nSPS) is 11.2. The van der Waals surface area contributed by atoms with Crippen LogP contribution in [0.1, 0.15) is 5.69 Å². The first-order chi connectivity index (χ1) is 6.01. The topological polar surface area (TPSA) is 79.3 Å². The van der Waals surface area contributed by atoms with Crippen LogP contribution in [0.25, 0.3) is 0 Å². The smallest absolute Gasteiger partial charge is 0.230 e. The summed E-state index contributed by atoms with van der Waals surface area (Å²) in [6.07, 6.45) is 1.04. The van der Waals surface area contributed by atoms with Gasteiger partial charge in [0.2, 0.25) is 10.0 Å². The second-order valence-corrected chi connectivity index (χ2v) is 4.29. The maximum Gasteiger partial charge on any atom is 0.230 e. The molecule has 0 aliphatic heterocycles. The van der Waals surface area contributed by atoms with Gasteiger partial charge < -0.3 is 5.11 Å². The Balaban J connectivity index is 2.90. The van der Waals surface area contributed by atoms with Crippen molar-refractivity contribution in [3.8, 4) is 0 Å². The van der Waals surface area contributed by atoms with E-state index in [0.29, 0.717) is 5.69 Å². The van der Waals surface area contributed by atoms with Crippen LogP contribution >= 0.6 is 0 Å². The molecule has 1 aromatic rings. The molecule has 0 aromatic carbocycles. The lowest BCUT2D eigenvalue weighted by Gasteiger charge is -2.03. The van der Waals surface area contributed by atoms with Gasteiger partial charge in [-0.15, -0.1) is 0 Å². The summed E-state index contributed by atoms with van der Waals surface area (Å²) in [6.45, 7) is -0.209. The van der Waals surface area contributed by atoms with Crippen LogP contribution in [0.4, 0.5) is 5.82 Å². The van der Waals surface area contributed by atoms with E-state index in [2.05, 4.69) is 9.71 Å². The molecule has 0 bridgehead atoms. The van der Waals surface area contributed by atoms with E-state index < -0.39 is 10.0 Å².